The molecule has 0 fully saturated rings. The van der Waals surface area contributed by atoms with Crippen LogP contribution in [0.25, 0.3) is 5.69 Å². The van der Waals surface area contributed by atoms with Crippen LogP contribution >= 0.6 is 0 Å². The molecule has 0 spiro atoms. The Bertz CT molecular complexity index is 776. The van der Waals surface area contributed by atoms with Crippen molar-refractivity contribution in [1.29, 1.82) is 0 Å². The summed E-state index contributed by atoms with van der Waals surface area (Å²) in [4.78, 5) is 36.0. The van der Waals surface area contributed by atoms with Crippen molar-refractivity contribution in [3.8, 4) is 11.4 Å². The molecule has 0 radical (unpaired) electrons. The summed E-state index contributed by atoms with van der Waals surface area (Å²) in [6, 6.07) is 6.49. The number of rotatable bonds is 4. The van der Waals surface area contributed by atoms with E-state index >= 15 is 0 Å². The third-order valence-corrected chi connectivity index (χ3v) is 3.24. The smallest absolute Gasteiger partial charge is 0.354 e. The standard InChI is InChI=1S/C13H13N3O5/c1-3-21-11(17)10-15-12(18)14(13(19)16(10)15)8-4-6-9(20-2)7-5-8/h4-7,10H,3H2,1-2H3. The van der Waals surface area contributed by atoms with Crippen LogP contribution in [-0.4, -0.2) is 33.6 Å². The molecule has 2 heterocycles. The quantitative estimate of drug-likeness (QED) is 0.724. The van der Waals surface area contributed by atoms with Crippen LogP contribution in [0.3, 0.4) is 0 Å². The molecular weight excluding hydrogens is 278 g/mol. The minimum Gasteiger partial charge on any atom is -0.497 e. The van der Waals surface area contributed by atoms with Gasteiger partial charge < -0.3 is 9.47 Å². The van der Waals surface area contributed by atoms with E-state index in [0.29, 0.717) is 11.4 Å². The average molecular weight is 291 g/mol. The van der Waals surface area contributed by atoms with Gasteiger partial charge in [-0.2, -0.15) is 9.36 Å². The van der Waals surface area contributed by atoms with Crippen LogP contribution in [0.5, 0.6) is 5.75 Å². The van der Waals surface area contributed by atoms with Gasteiger partial charge in [-0.05, 0) is 31.2 Å². The Morgan fingerprint density at radius 2 is 1.71 bits per heavy atom. The van der Waals surface area contributed by atoms with Crippen LogP contribution < -0.4 is 16.1 Å². The zero-order valence-electron chi connectivity index (χ0n) is 11.5. The molecule has 0 amide bonds. The predicted octanol–water partition coefficient (Wildman–Crippen LogP) is -0.267. The number of esters is 1. The van der Waals surface area contributed by atoms with Crippen molar-refractivity contribution >= 4 is 5.97 Å². The fourth-order valence-corrected chi connectivity index (χ4v) is 2.22. The Hall–Kier alpha value is -2.77. The first-order valence-corrected chi connectivity index (χ1v) is 6.37. The first-order valence-electron chi connectivity index (χ1n) is 6.37. The number of carbonyl (C=O) groups is 1. The summed E-state index contributed by atoms with van der Waals surface area (Å²) in [5, 5.41) is 0. The van der Waals surface area contributed by atoms with Crippen LogP contribution in [0.15, 0.2) is 33.9 Å². The lowest BCUT2D eigenvalue weighted by molar-refractivity contribution is -0.144. The van der Waals surface area contributed by atoms with Crippen LogP contribution in [0.1, 0.15) is 13.1 Å². The van der Waals surface area contributed by atoms with E-state index in [9.17, 15) is 14.4 Å². The normalized spacial score (nSPS) is 12.9. The minimum absolute atomic E-state index is 0.196. The molecule has 2 aromatic rings. The summed E-state index contributed by atoms with van der Waals surface area (Å²) in [5.74, 6) is 0.0154. The Balaban J connectivity index is 1.98. The zero-order chi connectivity index (χ0) is 15.1. The monoisotopic (exact) mass is 291 g/mol. The Kier molecular flexibility index (Phi) is 2.93. The number of fused-ring (bicyclic) bond motifs is 1. The van der Waals surface area contributed by atoms with Crippen LogP contribution in [0.4, 0.5) is 0 Å². The summed E-state index contributed by atoms with van der Waals surface area (Å²) in [6.07, 6.45) is -0.931. The SMILES string of the molecule is CCOC(=O)C1n2c(=O)n(-c3ccc(OC)cc3)c(=O)n21. The molecule has 21 heavy (non-hydrogen) atoms. The van der Waals surface area contributed by atoms with E-state index in [4.69, 9.17) is 9.47 Å². The number of ether oxygens (including phenoxy) is 2. The van der Waals surface area contributed by atoms with Crippen LogP contribution in [0, 0.1) is 0 Å². The summed E-state index contributed by atoms with van der Waals surface area (Å²) < 4.78 is 13.0. The fourth-order valence-electron chi connectivity index (χ4n) is 2.22. The van der Waals surface area contributed by atoms with Crippen molar-refractivity contribution in [2.75, 3.05) is 13.7 Å². The highest BCUT2D eigenvalue weighted by Crippen LogP contribution is 2.21. The van der Waals surface area contributed by atoms with Gasteiger partial charge >= 0.3 is 17.3 Å². The molecule has 1 aromatic carbocycles. The second kappa shape index (κ2) is 4.65. The molecule has 8 nitrogen and oxygen atoms in total. The lowest BCUT2D eigenvalue weighted by Crippen LogP contribution is -2.33. The number of aromatic nitrogens is 3. The summed E-state index contributed by atoms with van der Waals surface area (Å²) in [7, 11) is 1.53. The summed E-state index contributed by atoms with van der Waals surface area (Å²) >= 11 is 0. The molecule has 0 atom stereocenters. The molecule has 0 N–H and O–H groups in total. The van der Waals surface area contributed by atoms with Crippen molar-refractivity contribution in [1.82, 2.24) is 13.9 Å². The van der Waals surface area contributed by atoms with E-state index in [1.165, 1.54) is 7.11 Å². The third-order valence-electron chi connectivity index (χ3n) is 3.24. The second-order valence-electron chi connectivity index (χ2n) is 4.41. The molecule has 0 bridgehead atoms. The highest BCUT2D eigenvalue weighted by molar-refractivity contribution is 5.76. The highest BCUT2D eigenvalue weighted by Gasteiger charge is 2.46. The molecule has 1 aromatic heterocycles. The number of carbonyl (C=O) groups excluding carboxylic acids is 1. The maximum absolute atomic E-state index is 12.2. The van der Waals surface area contributed by atoms with Gasteiger partial charge in [0.05, 0.1) is 19.4 Å². The largest absolute Gasteiger partial charge is 0.497 e. The Morgan fingerprint density at radius 3 is 2.19 bits per heavy atom. The van der Waals surface area contributed by atoms with Gasteiger partial charge in [-0.1, -0.05) is 0 Å². The number of benzene rings is 1. The number of hydrogen-bond donors (Lipinski definition) is 0. The van der Waals surface area contributed by atoms with E-state index in [1.807, 2.05) is 0 Å². The van der Waals surface area contributed by atoms with Crippen molar-refractivity contribution < 1.29 is 14.3 Å². The lowest BCUT2D eigenvalue weighted by atomic mass is 10.3. The van der Waals surface area contributed by atoms with Gasteiger partial charge in [-0.3, -0.25) is 0 Å². The average Bonchev–Trinajstić information content (AvgIpc) is 3.18. The molecule has 0 saturated heterocycles. The molecule has 1 aliphatic heterocycles. The van der Waals surface area contributed by atoms with E-state index in [2.05, 4.69) is 0 Å². The summed E-state index contributed by atoms with van der Waals surface area (Å²) in [6.45, 7) is 1.86. The third kappa shape index (κ3) is 1.87. The molecule has 0 aliphatic carbocycles. The Morgan fingerprint density at radius 1 is 1.14 bits per heavy atom. The molecule has 1 aliphatic rings. The van der Waals surface area contributed by atoms with E-state index in [1.54, 1.807) is 31.2 Å². The first kappa shape index (κ1) is 13.2. The molecule has 110 valence electrons. The van der Waals surface area contributed by atoms with Gasteiger partial charge in [-0.25, -0.2) is 19.0 Å². The van der Waals surface area contributed by atoms with Crippen molar-refractivity contribution in [2.45, 2.75) is 13.1 Å². The maximum Gasteiger partial charge on any atom is 0.354 e. The number of hydrogen-bond acceptors (Lipinski definition) is 5. The van der Waals surface area contributed by atoms with E-state index < -0.39 is 23.5 Å². The number of nitrogens with zero attached hydrogens (tertiary/aromatic N) is 3. The molecule has 3 rings (SSSR count). The molecule has 0 unspecified atom stereocenters. The highest BCUT2D eigenvalue weighted by atomic mass is 16.5. The predicted molar refractivity (Wildman–Crippen MR) is 71.9 cm³/mol. The van der Waals surface area contributed by atoms with Gasteiger partial charge in [0.15, 0.2) is 0 Å². The molecule has 8 heteroatoms. The van der Waals surface area contributed by atoms with E-state index in [0.717, 1.165) is 13.9 Å². The summed E-state index contributed by atoms with van der Waals surface area (Å²) in [5.41, 5.74) is -0.716. The van der Waals surface area contributed by atoms with E-state index in [-0.39, 0.29) is 6.61 Å². The fraction of sp³-hybridized carbons (Fsp3) is 0.308. The van der Waals surface area contributed by atoms with Gasteiger partial charge in [0, 0.05) is 0 Å². The van der Waals surface area contributed by atoms with Crippen LogP contribution in [-0.2, 0) is 9.53 Å². The van der Waals surface area contributed by atoms with Crippen molar-refractivity contribution in [3.63, 3.8) is 0 Å². The van der Waals surface area contributed by atoms with Crippen molar-refractivity contribution in [2.24, 2.45) is 0 Å². The molecule has 0 saturated carbocycles. The van der Waals surface area contributed by atoms with Gasteiger partial charge in [0.1, 0.15) is 5.75 Å². The topological polar surface area (TPSA) is 84.5 Å². The van der Waals surface area contributed by atoms with Crippen molar-refractivity contribution in [3.05, 3.63) is 45.2 Å². The van der Waals surface area contributed by atoms with Gasteiger partial charge in [0.25, 0.3) is 0 Å². The number of methoxy groups -OCH3 is 1. The minimum atomic E-state index is -0.931. The molecular formula is C13H13N3O5. The van der Waals surface area contributed by atoms with Crippen LogP contribution in [0.2, 0.25) is 0 Å². The maximum atomic E-state index is 12.2. The van der Waals surface area contributed by atoms with Gasteiger partial charge in [0.2, 0.25) is 6.17 Å². The second-order valence-corrected chi connectivity index (χ2v) is 4.41. The Labute approximate surface area is 118 Å². The van der Waals surface area contributed by atoms with Gasteiger partial charge in [-0.15, -0.1) is 0 Å². The zero-order valence-corrected chi connectivity index (χ0v) is 11.5. The first-order chi connectivity index (χ1) is 10.1. The lowest BCUT2D eigenvalue weighted by Gasteiger charge is -2.03.